The maximum atomic E-state index is 13.3. The number of ketones is 1. The number of fused-ring (bicyclic) bond motifs is 2. The average Bonchev–Trinajstić information content (AvgIpc) is 2.65. The molecule has 2 heterocycles. The quantitative estimate of drug-likeness (QED) is 0.774. The Hall–Kier alpha value is -1.44. The fourth-order valence-electron chi connectivity index (χ4n) is 3.79. The third-order valence-corrected chi connectivity index (χ3v) is 7.74. The van der Waals surface area contributed by atoms with E-state index in [4.69, 9.17) is 0 Å². The van der Waals surface area contributed by atoms with Gasteiger partial charge in [0.15, 0.2) is 9.84 Å². The number of hydrogen-bond donors (Lipinski definition) is 0. The van der Waals surface area contributed by atoms with E-state index in [0.717, 1.165) is 6.07 Å². The zero-order chi connectivity index (χ0) is 17.7. The first kappa shape index (κ1) is 17.4. The van der Waals surface area contributed by atoms with Gasteiger partial charge in [-0.2, -0.15) is 13.2 Å². The summed E-state index contributed by atoms with van der Waals surface area (Å²) in [5.41, 5.74) is -1.42. The lowest BCUT2D eigenvalue weighted by Crippen LogP contribution is -2.36. The molecule has 0 aromatic heterocycles. The van der Waals surface area contributed by atoms with Crippen LogP contribution in [0.25, 0.3) is 0 Å². The molecule has 0 spiro atoms. The lowest BCUT2D eigenvalue weighted by molar-refractivity contribution is -0.138. The Labute approximate surface area is 137 Å². The van der Waals surface area contributed by atoms with E-state index in [1.54, 1.807) is 0 Å². The molecule has 3 nitrogen and oxygen atoms in total. The van der Waals surface area contributed by atoms with E-state index in [0.29, 0.717) is 25.0 Å². The van der Waals surface area contributed by atoms with Gasteiger partial charge in [-0.3, -0.25) is 4.79 Å². The summed E-state index contributed by atoms with van der Waals surface area (Å²) in [5.74, 6) is -1.86. The zero-order valence-electron chi connectivity index (χ0n) is 12.6. The number of alkyl halides is 3. The van der Waals surface area contributed by atoms with Crippen LogP contribution in [0.1, 0.15) is 36.8 Å². The number of carbonyl (C=O) groups is 1. The molecule has 3 rings (SSSR count). The summed E-state index contributed by atoms with van der Waals surface area (Å²) in [7, 11) is -3.20. The van der Waals surface area contributed by atoms with E-state index in [1.807, 2.05) is 0 Å². The average molecular weight is 364 g/mol. The Morgan fingerprint density at radius 1 is 1.12 bits per heavy atom. The van der Waals surface area contributed by atoms with Crippen molar-refractivity contribution in [2.24, 2.45) is 5.92 Å². The normalized spacial score (nSPS) is 28.8. The van der Waals surface area contributed by atoms with Crippen molar-refractivity contribution in [3.8, 4) is 0 Å². The molecule has 2 atom stereocenters. The molecule has 2 aliphatic heterocycles. The molecular formula is C16H16F4O3S. The van der Waals surface area contributed by atoms with Crippen molar-refractivity contribution in [2.75, 3.05) is 0 Å². The second kappa shape index (κ2) is 5.82. The molecule has 1 aromatic carbocycles. The number of halogens is 4. The predicted octanol–water partition coefficient (Wildman–Crippen LogP) is 3.31. The molecule has 2 unspecified atom stereocenters. The fourth-order valence-corrected chi connectivity index (χ4v) is 6.26. The van der Waals surface area contributed by atoms with Crippen LogP contribution in [0.15, 0.2) is 18.2 Å². The van der Waals surface area contributed by atoms with Crippen LogP contribution in [-0.2, 0) is 27.2 Å². The summed E-state index contributed by atoms with van der Waals surface area (Å²) in [6, 6.07) is 2.08. The maximum Gasteiger partial charge on any atom is 0.416 e. The highest BCUT2D eigenvalue weighted by Gasteiger charge is 2.48. The summed E-state index contributed by atoms with van der Waals surface area (Å²) in [6.07, 6.45) is -3.87. The van der Waals surface area contributed by atoms with Crippen molar-refractivity contribution in [3.05, 3.63) is 35.1 Å². The monoisotopic (exact) mass is 364 g/mol. The first-order valence-electron chi connectivity index (χ1n) is 7.70. The maximum absolute atomic E-state index is 13.3. The van der Waals surface area contributed by atoms with Gasteiger partial charge in [0.1, 0.15) is 11.6 Å². The van der Waals surface area contributed by atoms with Crippen LogP contribution < -0.4 is 0 Å². The molecule has 2 aliphatic rings. The largest absolute Gasteiger partial charge is 0.416 e. The van der Waals surface area contributed by atoms with Crippen LogP contribution in [-0.4, -0.2) is 24.7 Å². The minimum atomic E-state index is -4.67. The second-order valence-corrected chi connectivity index (χ2v) is 9.03. The van der Waals surface area contributed by atoms with Crippen molar-refractivity contribution in [1.82, 2.24) is 0 Å². The van der Waals surface area contributed by atoms with E-state index in [1.165, 1.54) is 0 Å². The number of benzene rings is 1. The van der Waals surface area contributed by atoms with Gasteiger partial charge in [-0.05, 0) is 49.4 Å². The van der Waals surface area contributed by atoms with Gasteiger partial charge in [-0.15, -0.1) is 0 Å². The van der Waals surface area contributed by atoms with Crippen LogP contribution in [0, 0.1) is 11.7 Å². The van der Waals surface area contributed by atoms with Gasteiger partial charge in [-0.1, -0.05) is 0 Å². The number of carbonyl (C=O) groups excluding carboxylic acids is 1. The van der Waals surface area contributed by atoms with Crippen molar-refractivity contribution >= 4 is 15.6 Å². The number of hydrogen-bond acceptors (Lipinski definition) is 3. The van der Waals surface area contributed by atoms with Gasteiger partial charge in [0.25, 0.3) is 0 Å². The predicted molar refractivity (Wildman–Crippen MR) is 78.6 cm³/mol. The van der Waals surface area contributed by atoms with Crippen molar-refractivity contribution < 1.29 is 30.8 Å². The topological polar surface area (TPSA) is 51.2 Å². The number of sulfone groups is 1. The molecule has 2 saturated heterocycles. The lowest BCUT2D eigenvalue weighted by Gasteiger charge is -2.27. The van der Waals surface area contributed by atoms with Crippen molar-refractivity contribution in [3.63, 3.8) is 0 Å². The molecule has 1 aromatic rings. The van der Waals surface area contributed by atoms with Crippen LogP contribution in [0.4, 0.5) is 17.6 Å². The van der Waals surface area contributed by atoms with Gasteiger partial charge in [0.05, 0.1) is 16.1 Å². The molecular weight excluding hydrogens is 348 g/mol. The minimum absolute atomic E-state index is 0.161. The minimum Gasteiger partial charge on any atom is -0.299 e. The van der Waals surface area contributed by atoms with Crippen LogP contribution in [0.3, 0.4) is 0 Å². The molecule has 0 amide bonds. The first-order valence-corrected chi connectivity index (χ1v) is 9.31. The molecule has 24 heavy (non-hydrogen) atoms. The molecule has 0 N–H and O–H groups in total. The van der Waals surface area contributed by atoms with Crippen LogP contribution in [0.5, 0.6) is 0 Å². The molecule has 0 saturated carbocycles. The standard InChI is InChI=1S/C16H16F4O3S/c17-11-1-4-14(16(18,19)20)9(5-11)8-15(21)10-6-12-2-3-13(7-10)24(12,22)23/h1,4-5,10,12-13H,2-3,6-8H2. The number of rotatable bonds is 3. The molecule has 0 radical (unpaired) electrons. The van der Waals surface area contributed by atoms with Crippen molar-refractivity contribution in [1.29, 1.82) is 0 Å². The summed E-state index contributed by atoms with van der Waals surface area (Å²) in [5, 5.41) is -1.14. The molecule has 132 valence electrons. The summed E-state index contributed by atoms with van der Waals surface area (Å²) < 4.78 is 76.3. The molecule has 8 heteroatoms. The third-order valence-electron chi connectivity index (χ3n) is 5.03. The highest BCUT2D eigenvalue weighted by Crippen LogP contribution is 2.42. The van der Waals surface area contributed by atoms with Gasteiger partial charge >= 0.3 is 6.18 Å². The molecule has 0 aliphatic carbocycles. The second-order valence-electron chi connectivity index (χ2n) is 6.52. The van der Waals surface area contributed by atoms with E-state index >= 15 is 0 Å². The van der Waals surface area contributed by atoms with Gasteiger partial charge in [0, 0.05) is 12.3 Å². The van der Waals surface area contributed by atoms with E-state index < -0.39 is 61.6 Å². The van der Waals surface area contributed by atoms with E-state index in [2.05, 4.69) is 0 Å². The Kier molecular flexibility index (Phi) is 4.22. The Morgan fingerprint density at radius 3 is 2.25 bits per heavy atom. The summed E-state index contributed by atoms with van der Waals surface area (Å²) >= 11 is 0. The molecule has 2 fully saturated rings. The lowest BCUT2D eigenvalue weighted by atomic mass is 9.89. The highest BCUT2D eigenvalue weighted by molar-refractivity contribution is 7.93. The Balaban J connectivity index is 1.81. The number of Topliss-reactive ketones (excluding diaryl/α,β-unsaturated/α-hetero) is 1. The van der Waals surface area contributed by atoms with Crippen LogP contribution in [0.2, 0.25) is 0 Å². The summed E-state index contributed by atoms with van der Waals surface area (Å²) in [6.45, 7) is 0. The SMILES string of the molecule is O=C(Cc1cc(F)ccc1C(F)(F)F)C1CC2CCC(C1)S2(=O)=O. The van der Waals surface area contributed by atoms with Crippen LogP contribution >= 0.6 is 0 Å². The molecule has 2 bridgehead atoms. The Morgan fingerprint density at radius 2 is 1.71 bits per heavy atom. The highest BCUT2D eigenvalue weighted by atomic mass is 32.2. The van der Waals surface area contributed by atoms with Gasteiger partial charge < -0.3 is 0 Å². The first-order chi connectivity index (χ1) is 11.1. The van der Waals surface area contributed by atoms with Gasteiger partial charge in [0.2, 0.25) is 0 Å². The van der Waals surface area contributed by atoms with E-state index in [-0.39, 0.29) is 12.8 Å². The fraction of sp³-hybridized carbons (Fsp3) is 0.562. The Bertz CT molecular complexity index is 750. The smallest absolute Gasteiger partial charge is 0.299 e. The third kappa shape index (κ3) is 3.08. The van der Waals surface area contributed by atoms with Crippen molar-refractivity contribution in [2.45, 2.75) is 48.8 Å². The summed E-state index contributed by atoms with van der Waals surface area (Å²) in [4.78, 5) is 12.4. The van der Waals surface area contributed by atoms with Gasteiger partial charge in [-0.25, -0.2) is 12.8 Å². The zero-order valence-corrected chi connectivity index (χ0v) is 13.5. The van der Waals surface area contributed by atoms with E-state index in [9.17, 15) is 30.8 Å².